The summed E-state index contributed by atoms with van der Waals surface area (Å²) in [6.45, 7) is 1.79. The molecule has 21 heavy (non-hydrogen) atoms. The molecule has 5 heteroatoms. The Kier molecular flexibility index (Phi) is 3.90. The molecule has 110 valence electrons. The molecule has 1 saturated heterocycles. The fraction of sp³-hybridized carbons (Fsp3) is 0.312. The largest absolute Gasteiger partial charge is 0.486 e. The predicted molar refractivity (Wildman–Crippen MR) is 74.6 cm³/mol. The van der Waals surface area contributed by atoms with E-state index in [9.17, 15) is 9.18 Å². The molecule has 3 rings (SSSR count). The standard InChI is InChI=1S/C16H16FNO3/c17-12-3-5-13(6-4-12)20-11-14-7-8-15(21-14)16(19)18-9-1-2-10-18/h3-8H,1-2,9-11H2. The lowest BCUT2D eigenvalue weighted by Gasteiger charge is -2.12. The van der Waals surface area contributed by atoms with Gasteiger partial charge in [-0.05, 0) is 49.2 Å². The van der Waals surface area contributed by atoms with E-state index in [2.05, 4.69) is 0 Å². The third kappa shape index (κ3) is 3.24. The van der Waals surface area contributed by atoms with Gasteiger partial charge in [0.1, 0.15) is 23.9 Å². The van der Waals surface area contributed by atoms with Gasteiger partial charge < -0.3 is 14.1 Å². The van der Waals surface area contributed by atoms with Gasteiger partial charge in [-0.1, -0.05) is 0 Å². The van der Waals surface area contributed by atoms with Crippen molar-refractivity contribution in [1.82, 2.24) is 4.90 Å². The van der Waals surface area contributed by atoms with E-state index < -0.39 is 0 Å². The number of amides is 1. The maximum Gasteiger partial charge on any atom is 0.289 e. The molecule has 0 aliphatic carbocycles. The van der Waals surface area contributed by atoms with E-state index in [4.69, 9.17) is 9.15 Å². The first-order chi connectivity index (χ1) is 10.2. The second-order valence-electron chi connectivity index (χ2n) is 5.01. The Bertz CT molecular complexity index is 615. The van der Waals surface area contributed by atoms with Gasteiger partial charge in [-0.15, -0.1) is 0 Å². The van der Waals surface area contributed by atoms with Crippen LogP contribution in [0.3, 0.4) is 0 Å². The highest BCUT2D eigenvalue weighted by Crippen LogP contribution is 2.17. The molecular weight excluding hydrogens is 273 g/mol. The van der Waals surface area contributed by atoms with E-state index in [1.165, 1.54) is 12.1 Å². The number of carbonyl (C=O) groups is 1. The van der Waals surface area contributed by atoms with Gasteiger partial charge in [-0.25, -0.2) is 4.39 Å². The highest BCUT2D eigenvalue weighted by Gasteiger charge is 2.22. The van der Waals surface area contributed by atoms with Crippen molar-refractivity contribution >= 4 is 5.91 Å². The summed E-state index contributed by atoms with van der Waals surface area (Å²) in [5.74, 6) is 1.09. The van der Waals surface area contributed by atoms with Crippen molar-refractivity contribution in [3.8, 4) is 5.75 Å². The first kappa shape index (κ1) is 13.7. The smallest absolute Gasteiger partial charge is 0.289 e. The van der Waals surface area contributed by atoms with E-state index in [0.717, 1.165) is 25.9 Å². The lowest BCUT2D eigenvalue weighted by molar-refractivity contribution is 0.0757. The number of nitrogens with zero attached hydrogens (tertiary/aromatic N) is 1. The Morgan fingerprint density at radius 3 is 2.57 bits per heavy atom. The van der Waals surface area contributed by atoms with Crippen LogP contribution >= 0.6 is 0 Å². The van der Waals surface area contributed by atoms with Crippen LogP contribution in [0.15, 0.2) is 40.8 Å². The van der Waals surface area contributed by atoms with Crippen LogP contribution in [-0.2, 0) is 6.61 Å². The number of ether oxygens (including phenoxy) is 1. The molecule has 4 nitrogen and oxygen atoms in total. The molecule has 2 aromatic rings. The minimum atomic E-state index is -0.307. The van der Waals surface area contributed by atoms with Crippen LogP contribution in [0.1, 0.15) is 29.2 Å². The third-order valence-electron chi connectivity index (χ3n) is 3.46. The first-order valence-electron chi connectivity index (χ1n) is 6.99. The van der Waals surface area contributed by atoms with Gasteiger partial charge in [-0.2, -0.15) is 0 Å². The number of hydrogen-bond donors (Lipinski definition) is 0. The van der Waals surface area contributed by atoms with Crippen LogP contribution in [0, 0.1) is 5.82 Å². The second-order valence-corrected chi connectivity index (χ2v) is 5.01. The number of likely N-dealkylation sites (tertiary alicyclic amines) is 1. The Labute approximate surface area is 122 Å². The van der Waals surface area contributed by atoms with Gasteiger partial charge in [-0.3, -0.25) is 4.79 Å². The summed E-state index contributed by atoms with van der Waals surface area (Å²) in [6, 6.07) is 9.17. The highest BCUT2D eigenvalue weighted by atomic mass is 19.1. The molecule has 1 aromatic carbocycles. The summed E-state index contributed by atoms with van der Waals surface area (Å²) >= 11 is 0. The molecule has 1 amide bonds. The van der Waals surface area contributed by atoms with Gasteiger partial charge in [0.05, 0.1) is 0 Å². The fourth-order valence-electron chi connectivity index (χ4n) is 2.33. The SMILES string of the molecule is O=C(c1ccc(COc2ccc(F)cc2)o1)N1CCCC1. The molecule has 1 aromatic heterocycles. The van der Waals surface area contributed by atoms with E-state index >= 15 is 0 Å². The van der Waals surface area contributed by atoms with Crippen molar-refractivity contribution in [3.63, 3.8) is 0 Å². The number of carbonyl (C=O) groups excluding carboxylic acids is 1. The molecule has 0 bridgehead atoms. The third-order valence-corrected chi connectivity index (χ3v) is 3.46. The summed E-state index contributed by atoms with van der Waals surface area (Å²) in [5.41, 5.74) is 0. The summed E-state index contributed by atoms with van der Waals surface area (Å²) in [5, 5.41) is 0. The van der Waals surface area contributed by atoms with Crippen LogP contribution < -0.4 is 4.74 Å². The number of halogens is 1. The Morgan fingerprint density at radius 2 is 1.86 bits per heavy atom. The van der Waals surface area contributed by atoms with Crippen LogP contribution in [0.2, 0.25) is 0 Å². The minimum absolute atomic E-state index is 0.0690. The van der Waals surface area contributed by atoms with Gasteiger partial charge in [0.15, 0.2) is 5.76 Å². The zero-order valence-electron chi connectivity index (χ0n) is 11.5. The zero-order chi connectivity index (χ0) is 14.7. The maximum atomic E-state index is 12.8. The Balaban J connectivity index is 1.59. The van der Waals surface area contributed by atoms with Crippen molar-refractivity contribution in [2.45, 2.75) is 19.4 Å². The lowest BCUT2D eigenvalue weighted by Crippen LogP contribution is -2.27. The van der Waals surface area contributed by atoms with Crippen molar-refractivity contribution in [1.29, 1.82) is 0 Å². The number of rotatable bonds is 4. The molecule has 1 aliphatic heterocycles. The average Bonchev–Trinajstić information content (AvgIpc) is 3.18. The Hall–Kier alpha value is -2.30. The minimum Gasteiger partial charge on any atom is -0.486 e. The van der Waals surface area contributed by atoms with E-state index in [-0.39, 0.29) is 18.3 Å². The molecule has 0 spiro atoms. The van der Waals surface area contributed by atoms with Gasteiger partial charge in [0.25, 0.3) is 5.91 Å². The van der Waals surface area contributed by atoms with Crippen molar-refractivity contribution in [2.24, 2.45) is 0 Å². The highest BCUT2D eigenvalue weighted by molar-refractivity contribution is 5.91. The number of benzene rings is 1. The second kappa shape index (κ2) is 5.99. The topological polar surface area (TPSA) is 42.7 Å². The first-order valence-corrected chi connectivity index (χ1v) is 6.99. The molecular formula is C16H16FNO3. The zero-order valence-corrected chi connectivity index (χ0v) is 11.5. The molecule has 2 heterocycles. The molecule has 0 saturated carbocycles. The summed E-state index contributed by atoms with van der Waals surface area (Å²) < 4.78 is 23.8. The number of furan rings is 1. The van der Waals surface area contributed by atoms with E-state index in [1.54, 1.807) is 29.2 Å². The Morgan fingerprint density at radius 1 is 1.14 bits per heavy atom. The van der Waals surface area contributed by atoms with Crippen LogP contribution in [0.25, 0.3) is 0 Å². The monoisotopic (exact) mass is 289 g/mol. The van der Waals surface area contributed by atoms with E-state index in [1.807, 2.05) is 0 Å². The molecule has 0 unspecified atom stereocenters. The fourth-order valence-corrected chi connectivity index (χ4v) is 2.33. The molecule has 1 aliphatic rings. The predicted octanol–water partition coefficient (Wildman–Crippen LogP) is 3.23. The lowest BCUT2D eigenvalue weighted by atomic mass is 10.3. The molecule has 1 fully saturated rings. The quantitative estimate of drug-likeness (QED) is 0.868. The summed E-state index contributed by atoms with van der Waals surface area (Å²) in [4.78, 5) is 13.9. The van der Waals surface area contributed by atoms with Crippen molar-refractivity contribution in [3.05, 3.63) is 53.7 Å². The van der Waals surface area contributed by atoms with E-state index in [0.29, 0.717) is 17.3 Å². The normalized spacial score (nSPS) is 14.4. The molecule has 0 N–H and O–H groups in total. The number of hydrogen-bond acceptors (Lipinski definition) is 3. The van der Waals surface area contributed by atoms with Crippen LogP contribution in [0.4, 0.5) is 4.39 Å². The summed E-state index contributed by atoms with van der Waals surface area (Å²) in [7, 11) is 0. The van der Waals surface area contributed by atoms with Gasteiger partial charge >= 0.3 is 0 Å². The molecule has 0 radical (unpaired) electrons. The van der Waals surface area contributed by atoms with Crippen molar-refractivity contribution in [2.75, 3.05) is 13.1 Å². The maximum absolute atomic E-state index is 12.8. The van der Waals surface area contributed by atoms with Gasteiger partial charge in [0.2, 0.25) is 0 Å². The van der Waals surface area contributed by atoms with Crippen LogP contribution in [-0.4, -0.2) is 23.9 Å². The van der Waals surface area contributed by atoms with Gasteiger partial charge in [0, 0.05) is 13.1 Å². The van der Waals surface area contributed by atoms with Crippen LogP contribution in [0.5, 0.6) is 5.75 Å². The molecule has 0 atom stereocenters. The van der Waals surface area contributed by atoms with Crippen molar-refractivity contribution < 1.29 is 18.3 Å². The average molecular weight is 289 g/mol. The summed E-state index contributed by atoms with van der Waals surface area (Å²) in [6.07, 6.45) is 2.10.